The molecule has 0 aliphatic rings. The Balaban J connectivity index is 3.57. The fourth-order valence-corrected chi connectivity index (χ4v) is 2.84. The summed E-state index contributed by atoms with van der Waals surface area (Å²) in [5, 5.41) is 9.77. The molecule has 0 aromatic carbocycles. The number of terminal acetylenes is 1. The third-order valence-corrected chi connectivity index (χ3v) is 4.54. The summed E-state index contributed by atoms with van der Waals surface area (Å²) in [6.07, 6.45) is 16.4. The Bertz CT molecular complexity index is 285. The van der Waals surface area contributed by atoms with E-state index in [2.05, 4.69) is 33.6 Å². The van der Waals surface area contributed by atoms with Crippen LogP contribution in [0.5, 0.6) is 0 Å². The van der Waals surface area contributed by atoms with Gasteiger partial charge in [0.2, 0.25) is 0 Å². The summed E-state index contributed by atoms with van der Waals surface area (Å²) in [5.41, 5.74) is -0.912. The SMILES string of the molecule is C#C[C@@](C)(O)CCC[C@@H](C)CCC[C@@H](C)CCCC(C)C. The standard InChI is InChI=1S/C20H38O/c1-7-20(6,21)16-10-15-19(5)14-9-13-18(4)12-8-11-17(2)3/h1,17-19,21H,8-16H2,2-6H3/t18-,19-,20+/m0/s1. The zero-order valence-electron chi connectivity index (χ0n) is 15.1. The van der Waals surface area contributed by atoms with E-state index in [-0.39, 0.29) is 0 Å². The Morgan fingerprint density at radius 2 is 1.29 bits per heavy atom. The van der Waals surface area contributed by atoms with Gasteiger partial charge in [0.15, 0.2) is 0 Å². The van der Waals surface area contributed by atoms with E-state index in [9.17, 15) is 5.11 Å². The molecule has 1 nitrogen and oxygen atoms in total. The fourth-order valence-electron chi connectivity index (χ4n) is 2.84. The largest absolute Gasteiger partial charge is 0.378 e. The molecule has 0 heterocycles. The van der Waals surface area contributed by atoms with Crippen molar-refractivity contribution in [3.63, 3.8) is 0 Å². The van der Waals surface area contributed by atoms with E-state index in [1.54, 1.807) is 6.92 Å². The average Bonchev–Trinajstić information content (AvgIpc) is 2.38. The molecule has 0 aromatic heterocycles. The normalized spacial score (nSPS) is 17.2. The van der Waals surface area contributed by atoms with Gasteiger partial charge in [-0.1, -0.05) is 78.6 Å². The van der Waals surface area contributed by atoms with Crippen LogP contribution >= 0.6 is 0 Å². The highest BCUT2D eigenvalue weighted by molar-refractivity contribution is 5.03. The average molecular weight is 295 g/mol. The zero-order valence-corrected chi connectivity index (χ0v) is 15.1. The topological polar surface area (TPSA) is 20.2 Å². The van der Waals surface area contributed by atoms with Crippen LogP contribution in [0, 0.1) is 30.1 Å². The highest BCUT2D eigenvalue weighted by Crippen LogP contribution is 2.22. The monoisotopic (exact) mass is 294 g/mol. The Labute approximate surface area is 133 Å². The highest BCUT2D eigenvalue weighted by Gasteiger charge is 2.16. The van der Waals surface area contributed by atoms with Gasteiger partial charge in [0.25, 0.3) is 0 Å². The quantitative estimate of drug-likeness (QED) is 0.450. The van der Waals surface area contributed by atoms with Gasteiger partial charge in [-0.05, 0) is 37.5 Å². The minimum Gasteiger partial charge on any atom is -0.378 e. The Morgan fingerprint density at radius 1 is 0.857 bits per heavy atom. The predicted octanol–water partition coefficient (Wildman–Crippen LogP) is 5.81. The lowest BCUT2D eigenvalue weighted by Crippen LogP contribution is -2.20. The molecule has 0 unspecified atom stereocenters. The molecule has 0 aliphatic carbocycles. The number of aliphatic hydroxyl groups is 1. The molecule has 0 aliphatic heterocycles. The van der Waals surface area contributed by atoms with Crippen molar-refractivity contribution < 1.29 is 5.11 Å². The molecule has 0 fully saturated rings. The van der Waals surface area contributed by atoms with Crippen molar-refractivity contribution in [1.29, 1.82) is 0 Å². The van der Waals surface area contributed by atoms with Crippen LogP contribution in [-0.2, 0) is 0 Å². The second-order valence-electron chi connectivity index (χ2n) is 7.78. The summed E-state index contributed by atoms with van der Waals surface area (Å²) in [6.45, 7) is 11.1. The molecule has 1 heteroatoms. The van der Waals surface area contributed by atoms with Crippen molar-refractivity contribution in [3.05, 3.63) is 0 Å². The van der Waals surface area contributed by atoms with Gasteiger partial charge in [-0.25, -0.2) is 0 Å². The third-order valence-electron chi connectivity index (χ3n) is 4.54. The molecule has 3 atom stereocenters. The highest BCUT2D eigenvalue weighted by atomic mass is 16.3. The van der Waals surface area contributed by atoms with Gasteiger partial charge in [-0.2, -0.15) is 0 Å². The van der Waals surface area contributed by atoms with Crippen LogP contribution in [0.25, 0.3) is 0 Å². The molecule has 0 spiro atoms. The Kier molecular flexibility index (Phi) is 10.9. The smallest absolute Gasteiger partial charge is 0.122 e. The van der Waals surface area contributed by atoms with Crippen molar-refractivity contribution in [1.82, 2.24) is 0 Å². The maximum Gasteiger partial charge on any atom is 0.122 e. The molecule has 21 heavy (non-hydrogen) atoms. The lowest BCUT2D eigenvalue weighted by Gasteiger charge is -2.18. The maximum atomic E-state index is 9.77. The van der Waals surface area contributed by atoms with E-state index >= 15 is 0 Å². The van der Waals surface area contributed by atoms with Crippen LogP contribution in [0.15, 0.2) is 0 Å². The second-order valence-corrected chi connectivity index (χ2v) is 7.78. The van der Waals surface area contributed by atoms with Crippen molar-refractivity contribution in [2.24, 2.45) is 17.8 Å². The summed E-state index contributed by atoms with van der Waals surface area (Å²) in [7, 11) is 0. The minimum atomic E-state index is -0.912. The van der Waals surface area contributed by atoms with Gasteiger partial charge >= 0.3 is 0 Å². The van der Waals surface area contributed by atoms with E-state index in [1.165, 1.54) is 44.9 Å². The van der Waals surface area contributed by atoms with Crippen LogP contribution in [0.2, 0.25) is 0 Å². The predicted molar refractivity (Wildman–Crippen MR) is 94.2 cm³/mol. The molecular formula is C20H38O. The van der Waals surface area contributed by atoms with Crippen LogP contribution in [0.3, 0.4) is 0 Å². The molecule has 0 radical (unpaired) electrons. The minimum absolute atomic E-state index is 0.722. The molecule has 0 rings (SSSR count). The van der Waals surface area contributed by atoms with Crippen molar-refractivity contribution >= 4 is 0 Å². The first-order valence-corrected chi connectivity index (χ1v) is 8.97. The number of hydrogen-bond donors (Lipinski definition) is 1. The van der Waals surface area contributed by atoms with Crippen LogP contribution in [0.4, 0.5) is 0 Å². The van der Waals surface area contributed by atoms with E-state index in [4.69, 9.17) is 6.42 Å². The van der Waals surface area contributed by atoms with Crippen LogP contribution in [-0.4, -0.2) is 10.7 Å². The van der Waals surface area contributed by atoms with E-state index in [0.717, 1.165) is 30.6 Å². The maximum absolute atomic E-state index is 9.77. The van der Waals surface area contributed by atoms with Gasteiger partial charge in [0.1, 0.15) is 5.60 Å². The molecule has 0 aromatic rings. The van der Waals surface area contributed by atoms with Gasteiger partial charge in [0, 0.05) is 0 Å². The van der Waals surface area contributed by atoms with E-state index in [1.807, 2.05) is 0 Å². The molecular weight excluding hydrogens is 256 g/mol. The first-order chi connectivity index (χ1) is 9.76. The Hall–Kier alpha value is -0.480. The first-order valence-electron chi connectivity index (χ1n) is 8.97. The molecule has 124 valence electrons. The van der Waals surface area contributed by atoms with Gasteiger partial charge < -0.3 is 5.11 Å². The lowest BCUT2D eigenvalue weighted by atomic mass is 9.90. The fraction of sp³-hybridized carbons (Fsp3) is 0.900. The summed E-state index contributed by atoms with van der Waals surface area (Å²) in [4.78, 5) is 0. The van der Waals surface area contributed by atoms with Gasteiger partial charge in [-0.3, -0.25) is 0 Å². The molecule has 0 saturated carbocycles. The van der Waals surface area contributed by atoms with Gasteiger partial charge in [0.05, 0.1) is 0 Å². The van der Waals surface area contributed by atoms with Crippen molar-refractivity contribution in [3.8, 4) is 12.3 Å². The molecule has 1 N–H and O–H groups in total. The number of hydrogen-bond acceptors (Lipinski definition) is 1. The van der Waals surface area contributed by atoms with Crippen molar-refractivity contribution in [2.45, 2.75) is 98.0 Å². The third kappa shape index (κ3) is 12.9. The molecule has 0 amide bonds. The zero-order chi connectivity index (χ0) is 16.3. The Morgan fingerprint density at radius 3 is 1.71 bits per heavy atom. The van der Waals surface area contributed by atoms with Crippen LogP contribution < -0.4 is 0 Å². The lowest BCUT2D eigenvalue weighted by molar-refractivity contribution is 0.107. The molecule has 0 bridgehead atoms. The summed E-state index contributed by atoms with van der Waals surface area (Å²) in [6, 6.07) is 0. The first kappa shape index (κ1) is 20.5. The summed E-state index contributed by atoms with van der Waals surface area (Å²) < 4.78 is 0. The van der Waals surface area contributed by atoms with Crippen molar-refractivity contribution in [2.75, 3.05) is 0 Å². The van der Waals surface area contributed by atoms with Gasteiger partial charge in [-0.15, -0.1) is 6.42 Å². The summed E-state index contributed by atoms with van der Waals surface area (Å²) in [5.74, 6) is 4.93. The summed E-state index contributed by atoms with van der Waals surface area (Å²) >= 11 is 0. The van der Waals surface area contributed by atoms with Crippen LogP contribution in [0.1, 0.15) is 92.4 Å². The van der Waals surface area contributed by atoms with E-state index in [0.29, 0.717) is 0 Å². The number of rotatable bonds is 12. The molecule has 0 saturated heterocycles. The second kappa shape index (κ2) is 11.1. The van der Waals surface area contributed by atoms with E-state index < -0.39 is 5.60 Å².